The molecule has 1 N–H and O–H groups in total. The van der Waals surface area contributed by atoms with Crippen molar-refractivity contribution in [2.75, 3.05) is 11.9 Å². The smallest absolute Gasteiger partial charge is 0.151 e. The fraction of sp³-hybridized carbons (Fsp3) is 0.333. The number of rotatable bonds is 5. The number of nitrogens with one attached hydrogen (secondary N) is 1. The van der Waals surface area contributed by atoms with Crippen LogP contribution in [0.5, 0.6) is 0 Å². The highest BCUT2D eigenvalue weighted by Gasteiger charge is 2.06. The lowest BCUT2D eigenvalue weighted by molar-refractivity contribution is 0.580. The van der Waals surface area contributed by atoms with Crippen LogP contribution in [0.1, 0.15) is 19.5 Å². The van der Waals surface area contributed by atoms with Crippen molar-refractivity contribution in [3.63, 3.8) is 0 Å². The molecule has 106 valence electrons. The second-order valence-electron chi connectivity index (χ2n) is 4.94. The van der Waals surface area contributed by atoms with Crippen molar-refractivity contribution < 1.29 is 4.39 Å². The third-order valence-electron chi connectivity index (χ3n) is 2.94. The van der Waals surface area contributed by atoms with Crippen LogP contribution in [0.2, 0.25) is 0 Å². The van der Waals surface area contributed by atoms with Crippen LogP contribution in [-0.2, 0) is 6.54 Å². The van der Waals surface area contributed by atoms with Crippen molar-refractivity contribution in [3.8, 4) is 0 Å². The van der Waals surface area contributed by atoms with E-state index in [0.29, 0.717) is 12.6 Å². The van der Waals surface area contributed by atoms with Crippen molar-refractivity contribution in [2.24, 2.45) is 0 Å². The Kier molecular flexibility index (Phi) is 4.63. The molecule has 2 aromatic rings. The van der Waals surface area contributed by atoms with E-state index in [1.807, 2.05) is 11.9 Å². The summed E-state index contributed by atoms with van der Waals surface area (Å²) in [5.41, 5.74) is 1.77. The minimum Gasteiger partial charge on any atom is -0.328 e. The first kappa shape index (κ1) is 14.4. The second kappa shape index (κ2) is 6.43. The molecular weight excluding hydrogens is 255 g/mol. The maximum atomic E-state index is 12.9. The van der Waals surface area contributed by atoms with Crippen molar-refractivity contribution in [2.45, 2.75) is 26.4 Å². The maximum Gasteiger partial charge on any atom is 0.151 e. The molecule has 0 radical (unpaired) electrons. The van der Waals surface area contributed by atoms with E-state index in [9.17, 15) is 4.39 Å². The summed E-state index contributed by atoms with van der Waals surface area (Å²) in [4.78, 5) is 10.6. The van der Waals surface area contributed by atoms with Crippen LogP contribution >= 0.6 is 0 Å². The minimum atomic E-state index is -0.247. The molecule has 0 bridgehead atoms. The number of aromatic nitrogens is 2. The Morgan fingerprint density at radius 1 is 1.15 bits per heavy atom. The van der Waals surface area contributed by atoms with Gasteiger partial charge in [0.05, 0.1) is 18.1 Å². The molecule has 2 rings (SSSR count). The fourth-order valence-corrected chi connectivity index (χ4v) is 1.72. The molecule has 5 heteroatoms. The summed E-state index contributed by atoms with van der Waals surface area (Å²) in [6, 6.07) is 6.70. The van der Waals surface area contributed by atoms with Crippen LogP contribution in [0.25, 0.3) is 0 Å². The summed E-state index contributed by atoms with van der Waals surface area (Å²) in [7, 11) is 1.88. The van der Waals surface area contributed by atoms with Gasteiger partial charge in [-0.25, -0.2) is 9.37 Å². The van der Waals surface area contributed by atoms with Crippen LogP contribution in [0, 0.1) is 5.82 Å². The third kappa shape index (κ3) is 3.74. The highest BCUT2D eigenvalue weighted by Crippen LogP contribution is 2.20. The molecule has 20 heavy (non-hydrogen) atoms. The highest BCUT2D eigenvalue weighted by molar-refractivity contribution is 5.57. The molecule has 0 saturated carbocycles. The standard InChI is InChI=1S/C15H19FN4/c1-11(2)17-8-13-9-19-15(10-18-13)20(3)14-6-4-12(16)5-7-14/h4-7,9-11,17H,8H2,1-3H3. The van der Waals surface area contributed by atoms with Crippen molar-refractivity contribution >= 4 is 11.5 Å². The summed E-state index contributed by atoms with van der Waals surface area (Å²) in [5, 5.41) is 3.29. The number of hydrogen-bond donors (Lipinski definition) is 1. The molecule has 4 nitrogen and oxygen atoms in total. The molecule has 1 heterocycles. The van der Waals surface area contributed by atoms with Crippen LogP contribution in [-0.4, -0.2) is 23.1 Å². The minimum absolute atomic E-state index is 0.247. The number of hydrogen-bond acceptors (Lipinski definition) is 4. The van der Waals surface area contributed by atoms with Gasteiger partial charge in [0, 0.05) is 25.3 Å². The lowest BCUT2D eigenvalue weighted by Crippen LogP contribution is -2.22. The van der Waals surface area contributed by atoms with E-state index in [4.69, 9.17) is 0 Å². The van der Waals surface area contributed by atoms with Gasteiger partial charge < -0.3 is 10.2 Å². The van der Waals surface area contributed by atoms with Crippen LogP contribution in [0.3, 0.4) is 0 Å². The quantitative estimate of drug-likeness (QED) is 0.910. The van der Waals surface area contributed by atoms with Gasteiger partial charge in [0.15, 0.2) is 5.82 Å². The van der Waals surface area contributed by atoms with Gasteiger partial charge in [-0.05, 0) is 24.3 Å². The summed E-state index contributed by atoms with van der Waals surface area (Å²) in [5.74, 6) is 0.480. The molecule has 0 aliphatic rings. The lowest BCUT2D eigenvalue weighted by atomic mass is 10.3. The average Bonchev–Trinajstić information content (AvgIpc) is 2.46. The summed E-state index contributed by atoms with van der Waals surface area (Å²) >= 11 is 0. The highest BCUT2D eigenvalue weighted by atomic mass is 19.1. The van der Waals surface area contributed by atoms with Gasteiger partial charge in [-0.1, -0.05) is 13.8 Å². The predicted molar refractivity (Wildman–Crippen MR) is 78.5 cm³/mol. The Bertz CT molecular complexity index is 537. The first-order valence-corrected chi connectivity index (χ1v) is 6.60. The normalized spacial score (nSPS) is 10.8. The first-order chi connectivity index (χ1) is 9.56. The Hall–Kier alpha value is -2.01. The first-order valence-electron chi connectivity index (χ1n) is 6.60. The van der Waals surface area contributed by atoms with E-state index in [2.05, 4.69) is 29.1 Å². The third-order valence-corrected chi connectivity index (χ3v) is 2.94. The van der Waals surface area contributed by atoms with Gasteiger partial charge in [-0.2, -0.15) is 0 Å². The topological polar surface area (TPSA) is 41.1 Å². The molecule has 0 amide bonds. The van der Waals surface area contributed by atoms with Gasteiger partial charge >= 0.3 is 0 Å². The van der Waals surface area contributed by atoms with Gasteiger partial charge in [0.1, 0.15) is 5.82 Å². The maximum absolute atomic E-state index is 12.9. The largest absolute Gasteiger partial charge is 0.328 e. The van der Waals surface area contributed by atoms with Crippen molar-refractivity contribution in [3.05, 3.63) is 48.2 Å². The number of anilines is 2. The summed E-state index contributed by atoms with van der Waals surface area (Å²) < 4.78 is 12.9. The molecule has 0 saturated heterocycles. The van der Waals surface area contributed by atoms with Crippen molar-refractivity contribution in [1.82, 2.24) is 15.3 Å². The van der Waals surface area contributed by atoms with Gasteiger partial charge in [0.25, 0.3) is 0 Å². The summed E-state index contributed by atoms with van der Waals surface area (Å²) in [6.45, 7) is 4.87. The molecule has 1 aromatic carbocycles. The molecule has 0 aliphatic heterocycles. The Balaban J connectivity index is 2.07. The zero-order valence-electron chi connectivity index (χ0n) is 12.0. The lowest BCUT2D eigenvalue weighted by Gasteiger charge is -2.18. The molecule has 1 aromatic heterocycles. The van der Waals surface area contributed by atoms with Crippen LogP contribution < -0.4 is 10.2 Å². The van der Waals surface area contributed by atoms with Gasteiger partial charge in [0.2, 0.25) is 0 Å². The predicted octanol–water partition coefficient (Wildman–Crippen LogP) is 2.88. The van der Waals surface area contributed by atoms with E-state index < -0.39 is 0 Å². The number of nitrogens with zero attached hydrogens (tertiary/aromatic N) is 3. The van der Waals surface area contributed by atoms with E-state index in [-0.39, 0.29) is 5.82 Å². The molecular formula is C15H19FN4. The van der Waals surface area contributed by atoms with E-state index >= 15 is 0 Å². The molecule has 0 aliphatic carbocycles. The van der Waals surface area contributed by atoms with E-state index in [0.717, 1.165) is 17.2 Å². The van der Waals surface area contributed by atoms with E-state index in [1.165, 1.54) is 12.1 Å². The second-order valence-corrected chi connectivity index (χ2v) is 4.94. The Morgan fingerprint density at radius 2 is 1.85 bits per heavy atom. The van der Waals surface area contributed by atoms with Crippen LogP contribution in [0.15, 0.2) is 36.7 Å². The van der Waals surface area contributed by atoms with Crippen molar-refractivity contribution in [1.29, 1.82) is 0 Å². The Morgan fingerprint density at radius 3 is 2.40 bits per heavy atom. The zero-order valence-corrected chi connectivity index (χ0v) is 12.0. The number of halogens is 1. The molecule has 0 unspecified atom stereocenters. The fourth-order valence-electron chi connectivity index (χ4n) is 1.72. The SMILES string of the molecule is CC(C)NCc1cnc(N(C)c2ccc(F)cc2)cn1. The monoisotopic (exact) mass is 274 g/mol. The molecule has 0 atom stereocenters. The Labute approximate surface area is 118 Å². The molecule has 0 fully saturated rings. The summed E-state index contributed by atoms with van der Waals surface area (Å²) in [6.07, 6.45) is 3.48. The van der Waals surface area contributed by atoms with Crippen LogP contribution in [0.4, 0.5) is 15.9 Å². The van der Waals surface area contributed by atoms with Gasteiger partial charge in [-0.15, -0.1) is 0 Å². The zero-order chi connectivity index (χ0) is 14.5. The number of benzene rings is 1. The van der Waals surface area contributed by atoms with E-state index in [1.54, 1.807) is 24.5 Å². The molecule has 0 spiro atoms. The van der Waals surface area contributed by atoms with Gasteiger partial charge in [-0.3, -0.25) is 4.98 Å². The average molecular weight is 274 g/mol.